The lowest BCUT2D eigenvalue weighted by atomic mass is 9.83. The highest BCUT2D eigenvalue weighted by atomic mass is 16.5. The number of nitrogens with zero attached hydrogens (tertiary/aromatic N) is 2. The van der Waals surface area contributed by atoms with Crippen molar-refractivity contribution < 1.29 is 23.7 Å². The average molecular weight is 526 g/mol. The van der Waals surface area contributed by atoms with Crippen LogP contribution in [0.15, 0.2) is 42.5 Å². The molecule has 0 aliphatic carbocycles. The Morgan fingerprint density at radius 3 is 2.63 bits per heavy atom. The van der Waals surface area contributed by atoms with Gasteiger partial charge in [0.1, 0.15) is 18.1 Å². The maximum atomic E-state index is 13.2. The standard InChI is InChI=1S/C30H43N3O5/c1-5-32(6-2)30(34)26-19-25(23-9-11-24(36-4)12-10-23)29(20-31-26)38-21-22-8-13-28-27(18-22)33(15-17-37-28)14-7-16-35-3/h8-13,18,25-26,29,31H,5-7,14-17,19-21H2,1-4H3/t25-,26-,29+/m1/s1. The fourth-order valence-electron chi connectivity index (χ4n) is 5.45. The molecule has 0 bridgehead atoms. The second-order valence-electron chi connectivity index (χ2n) is 9.92. The third kappa shape index (κ3) is 6.79. The summed E-state index contributed by atoms with van der Waals surface area (Å²) in [5.41, 5.74) is 3.39. The van der Waals surface area contributed by atoms with Gasteiger partial charge in [-0.1, -0.05) is 18.2 Å². The zero-order valence-corrected chi connectivity index (χ0v) is 23.3. The molecule has 2 aromatic rings. The maximum absolute atomic E-state index is 13.2. The number of carbonyl (C=O) groups is 1. The number of rotatable bonds is 12. The van der Waals surface area contributed by atoms with Gasteiger partial charge in [-0.3, -0.25) is 4.79 Å². The summed E-state index contributed by atoms with van der Waals surface area (Å²) in [6, 6.07) is 14.3. The largest absolute Gasteiger partial charge is 0.497 e. The smallest absolute Gasteiger partial charge is 0.239 e. The zero-order chi connectivity index (χ0) is 26.9. The van der Waals surface area contributed by atoms with E-state index in [-0.39, 0.29) is 24.0 Å². The number of ether oxygens (including phenoxy) is 4. The molecule has 0 aromatic heterocycles. The molecular weight excluding hydrogens is 482 g/mol. The van der Waals surface area contributed by atoms with Gasteiger partial charge in [0.05, 0.1) is 38.1 Å². The van der Waals surface area contributed by atoms with E-state index in [0.717, 1.165) is 54.4 Å². The number of amides is 1. The van der Waals surface area contributed by atoms with Crippen molar-refractivity contribution in [1.29, 1.82) is 0 Å². The Morgan fingerprint density at radius 1 is 1.13 bits per heavy atom. The summed E-state index contributed by atoms with van der Waals surface area (Å²) in [7, 11) is 3.41. The van der Waals surface area contributed by atoms with E-state index < -0.39 is 0 Å². The lowest BCUT2D eigenvalue weighted by Gasteiger charge is -2.38. The average Bonchev–Trinajstić information content (AvgIpc) is 2.97. The Balaban J connectivity index is 1.48. The summed E-state index contributed by atoms with van der Waals surface area (Å²) in [4.78, 5) is 17.4. The maximum Gasteiger partial charge on any atom is 0.239 e. The van der Waals surface area contributed by atoms with Crippen LogP contribution in [0.4, 0.5) is 5.69 Å². The van der Waals surface area contributed by atoms with Gasteiger partial charge in [0.25, 0.3) is 0 Å². The Kier molecular flexibility index (Phi) is 10.3. The quantitative estimate of drug-likeness (QED) is 0.422. The van der Waals surface area contributed by atoms with Crippen molar-refractivity contribution >= 4 is 11.6 Å². The first-order valence-electron chi connectivity index (χ1n) is 13.8. The van der Waals surface area contributed by atoms with Crippen molar-refractivity contribution in [3.63, 3.8) is 0 Å². The van der Waals surface area contributed by atoms with Crippen LogP contribution in [-0.4, -0.2) is 83.1 Å². The number of piperidine rings is 1. The van der Waals surface area contributed by atoms with Gasteiger partial charge in [-0.2, -0.15) is 0 Å². The molecule has 208 valence electrons. The number of benzene rings is 2. The number of hydrogen-bond acceptors (Lipinski definition) is 7. The SMILES string of the molecule is CCN(CC)C(=O)[C@H]1C[C@H](c2ccc(OC)cc2)[C@@H](OCc2ccc3c(c2)N(CCCOC)CCO3)CN1. The van der Waals surface area contributed by atoms with Gasteiger partial charge < -0.3 is 34.1 Å². The Bertz CT molecular complexity index is 1030. The molecule has 1 N–H and O–H groups in total. The van der Waals surface area contributed by atoms with Crippen molar-refractivity contribution in [1.82, 2.24) is 10.2 Å². The van der Waals surface area contributed by atoms with E-state index in [0.29, 0.717) is 39.3 Å². The summed E-state index contributed by atoms with van der Waals surface area (Å²) in [5.74, 6) is 2.00. The topological polar surface area (TPSA) is 72.5 Å². The molecule has 8 nitrogen and oxygen atoms in total. The van der Waals surface area contributed by atoms with Crippen LogP contribution in [-0.2, 0) is 20.9 Å². The molecule has 0 spiro atoms. The van der Waals surface area contributed by atoms with Crippen molar-refractivity contribution in [2.75, 3.05) is 65.1 Å². The molecule has 1 saturated heterocycles. The molecule has 2 aromatic carbocycles. The minimum atomic E-state index is -0.219. The second-order valence-corrected chi connectivity index (χ2v) is 9.92. The molecule has 3 atom stereocenters. The van der Waals surface area contributed by atoms with Crippen LogP contribution in [0.1, 0.15) is 43.7 Å². The van der Waals surface area contributed by atoms with Crippen LogP contribution in [0.25, 0.3) is 0 Å². The van der Waals surface area contributed by atoms with Crippen LogP contribution in [0.5, 0.6) is 11.5 Å². The van der Waals surface area contributed by atoms with Gasteiger partial charge in [0.2, 0.25) is 5.91 Å². The summed E-state index contributed by atoms with van der Waals surface area (Å²) in [6.45, 7) is 9.83. The summed E-state index contributed by atoms with van der Waals surface area (Å²) in [6.07, 6.45) is 1.60. The summed E-state index contributed by atoms with van der Waals surface area (Å²) < 4.78 is 23.1. The van der Waals surface area contributed by atoms with Gasteiger partial charge >= 0.3 is 0 Å². The van der Waals surface area contributed by atoms with Crippen molar-refractivity contribution in [2.45, 2.75) is 51.4 Å². The van der Waals surface area contributed by atoms with E-state index in [9.17, 15) is 4.79 Å². The minimum Gasteiger partial charge on any atom is -0.497 e. The van der Waals surface area contributed by atoms with Gasteiger partial charge in [0.15, 0.2) is 0 Å². The van der Waals surface area contributed by atoms with E-state index in [2.05, 4.69) is 40.5 Å². The lowest BCUT2D eigenvalue weighted by Crippen LogP contribution is -2.54. The highest BCUT2D eigenvalue weighted by Gasteiger charge is 2.36. The fourth-order valence-corrected chi connectivity index (χ4v) is 5.45. The van der Waals surface area contributed by atoms with Gasteiger partial charge in [-0.05, 0) is 62.1 Å². The van der Waals surface area contributed by atoms with Gasteiger partial charge in [0, 0.05) is 45.8 Å². The normalized spacial score (nSPS) is 20.9. The van der Waals surface area contributed by atoms with Crippen molar-refractivity contribution in [3.8, 4) is 11.5 Å². The highest BCUT2D eigenvalue weighted by molar-refractivity contribution is 5.82. The number of carbonyl (C=O) groups excluding carboxylic acids is 1. The Hall–Kier alpha value is -2.81. The zero-order valence-electron chi connectivity index (χ0n) is 23.3. The first kappa shape index (κ1) is 28.2. The molecule has 2 aliphatic rings. The molecule has 1 amide bonds. The van der Waals surface area contributed by atoms with Crippen LogP contribution < -0.4 is 19.7 Å². The number of nitrogens with one attached hydrogen (secondary N) is 1. The fraction of sp³-hybridized carbons (Fsp3) is 0.567. The highest BCUT2D eigenvalue weighted by Crippen LogP contribution is 2.35. The molecule has 0 radical (unpaired) electrons. The lowest BCUT2D eigenvalue weighted by molar-refractivity contribution is -0.134. The predicted molar refractivity (Wildman–Crippen MR) is 149 cm³/mol. The third-order valence-electron chi connectivity index (χ3n) is 7.64. The summed E-state index contributed by atoms with van der Waals surface area (Å²) in [5, 5.41) is 3.48. The van der Waals surface area contributed by atoms with E-state index in [4.69, 9.17) is 18.9 Å². The van der Waals surface area contributed by atoms with Crippen LogP contribution >= 0.6 is 0 Å². The predicted octanol–water partition coefficient (Wildman–Crippen LogP) is 3.83. The van der Waals surface area contributed by atoms with E-state index >= 15 is 0 Å². The summed E-state index contributed by atoms with van der Waals surface area (Å²) >= 11 is 0. The molecule has 38 heavy (non-hydrogen) atoms. The number of methoxy groups -OCH3 is 2. The van der Waals surface area contributed by atoms with Crippen LogP contribution in [0, 0.1) is 0 Å². The van der Waals surface area contributed by atoms with Crippen molar-refractivity contribution in [2.24, 2.45) is 0 Å². The minimum absolute atomic E-state index is 0.0609. The van der Waals surface area contributed by atoms with Crippen LogP contribution in [0.3, 0.4) is 0 Å². The number of fused-ring (bicyclic) bond motifs is 1. The Morgan fingerprint density at radius 2 is 1.92 bits per heavy atom. The third-order valence-corrected chi connectivity index (χ3v) is 7.64. The van der Waals surface area contributed by atoms with Crippen LogP contribution in [0.2, 0.25) is 0 Å². The molecule has 8 heteroatoms. The number of likely N-dealkylation sites (N-methyl/N-ethyl adjacent to an activating group) is 1. The van der Waals surface area contributed by atoms with E-state index in [1.807, 2.05) is 30.9 Å². The number of anilines is 1. The molecule has 2 heterocycles. The second kappa shape index (κ2) is 13.8. The molecule has 4 rings (SSSR count). The van der Waals surface area contributed by atoms with E-state index in [1.165, 1.54) is 0 Å². The molecular formula is C30H43N3O5. The Labute approximate surface area is 227 Å². The van der Waals surface area contributed by atoms with Crippen molar-refractivity contribution in [3.05, 3.63) is 53.6 Å². The first-order valence-corrected chi connectivity index (χ1v) is 13.8. The molecule has 1 fully saturated rings. The molecule has 0 unspecified atom stereocenters. The van der Waals surface area contributed by atoms with E-state index in [1.54, 1.807) is 14.2 Å². The molecule has 2 aliphatic heterocycles. The number of hydrogen-bond donors (Lipinski definition) is 1. The van der Waals surface area contributed by atoms with Gasteiger partial charge in [-0.25, -0.2) is 0 Å². The van der Waals surface area contributed by atoms with Gasteiger partial charge in [-0.15, -0.1) is 0 Å². The molecule has 0 saturated carbocycles. The monoisotopic (exact) mass is 525 g/mol. The first-order chi connectivity index (χ1) is 18.6.